The summed E-state index contributed by atoms with van der Waals surface area (Å²) in [5, 5.41) is 12.5. The van der Waals surface area contributed by atoms with Crippen molar-refractivity contribution in [1.29, 1.82) is 0 Å². The monoisotopic (exact) mass is 517 g/mol. The third kappa shape index (κ3) is 5.61. The highest BCUT2D eigenvalue weighted by Crippen LogP contribution is 2.27. The summed E-state index contributed by atoms with van der Waals surface area (Å²) < 4.78 is 6.60. The topological polar surface area (TPSA) is 75.6 Å². The minimum Gasteiger partial charge on any atom is -0.506 e. The van der Waals surface area contributed by atoms with E-state index in [1.807, 2.05) is 22.6 Å². The van der Waals surface area contributed by atoms with Crippen LogP contribution in [0.4, 0.5) is 0 Å². The largest absolute Gasteiger partial charge is 0.506 e. The minimum absolute atomic E-state index is 0.0927. The number of phenolic OH excluding ortho intramolecular Hbond substituents is 1. The number of esters is 1. The first-order chi connectivity index (χ1) is 9.51. The van der Waals surface area contributed by atoms with Crippen LogP contribution in [0.25, 0.3) is 0 Å². The molecule has 1 aromatic carbocycles. The van der Waals surface area contributed by atoms with Crippen LogP contribution in [0.15, 0.2) is 12.1 Å². The van der Waals surface area contributed by atoms with E-state index in [2.05, 4.69) is 27.9 Å². The SMILES string of the molecule is C[C@@H](NC(=O)c1cc(I)cc(I)c1O)C(=O)OC(C)(C)C. The van der Waals surface area contributed by atoms with Gasteiger partial charge in [-0.2, -0.15) is 0 Å². The van der Waals surface area contributed by atoms with Crippen molar-refractivity contribution in [3.05, 3.63) is 24.8 Å². The highest BCUT2D eigenvalue weighted by atomic mass is 127. The van der Waals surface area contributed by atoms with Gasteiger partial charge in [0.25, 0.3) is 5.91 Å². The Hall–Kier alpha value is -0.580. The van der Waals surface area contributed by atoms with Gasteiger partial charge in [-0.1, -0.05) is 0 Å². The van der Waals surface area contributed by atoms with Gasteiger partial charge in [0.1, 0.15) is 17.4 Å². The van der Waals surface area contributed by atoms with Gasteiger partial charge in [0.05, 0.1) is 9.13 Å². The number of hydrogen-bond donors (Lipinski definition) is 2. The lowest BCUT2D eigenvalue weighted by molar-refractivity contribution is -0.156. The van der Waals surface area contributed by atoms with Crippen molar-refractivity contribution in [3.8, 4) is 5.75 Å². The van der Waals surface area contributed by atoms with E-state index in [0.29, 0.717) is 3.57 Å². The Morgan fingerprint density at radius 1 is 1.29 bits per heavy atom. The molecule has 0 aromatic heterocycles. The van der Waals surface area contributed by atoms with Crippen molar-refractivity contribution in [3.63, 3.8) is 0 Å². The maximum absolute atomic E-state index is 12.2. The van der Waals surface area contributed by atoms with Crippen LogP contribution in [0.3, 0.4) is 0 Å². The second kappa shape index (κ2) is 7.12. The minimum atomic E-state index is -0.799. The molecule has 116 valence electrons. The van der Waals surface area contributed by atoms with Crippen LogP contribution in [-0.2, 0) is 9.53 Å². The maximum atomic E-state index is 12.2. The average Bonchev–Trinajstić information content (AvgIpc) is 2.31. The highest BCUT2D eigenvalue weighted by molar-refractivity contribution is 14.1. The van der Waals surface area contributed by atoms with Crippen LogP contribution < -0.4 is 5.32 Å². The third-order valence-corrected chi connectivity index (χ3v) is 3.83. The van der Waals surface area contributed by atoms with Crippen LogP contribution in [0.2, 0.25) is 0 Å². The van der Waals surface area contributed by atoms with Crippen molar-refractivity contribution >= 4 is 57.1 Å². The number of nitrogens with one attached hydrogen (secondary N) is 1. The van der Waals surface area contributed by atoms with Gasteiger partial charge in [0, 0.05) is 3.57 Å². The predicted molar refractivity (Wildman–Crippen MR) is 96.3 cm³/mol. The second-order valence-electron chi connectivity index (χ2n) is 5.51. The summed E-state index contributed by atoms with van der Waals surface area (Å²) in [6.45, 7) is 6.81. The van der Waals surface area contributed by atoms with Gasteiger partial charge < -0.3 is 15.2 Å². The van der Waals surface area contributed by atoms with Gasteiger partial charge in [-0.05, 0) is 85.0 Å². The number of halogens is 2. The average molecular weight is 517 g/mol. The molecule has 1 aromatic rings. The summed E-state index contributed by atoms with van der Waals surface area (Å²) in [6.07, 6.45) is 0. The molecule has 7 heteroatoms. The number of carbonyl (C=O) groups is 2. The molecule has 1 amide bonds. The molecular formula is C14H17I2NO4. The highest BCUT2D eigenvalue weighted by Gasteiger charge is 2.24. The molecule has 0 spiro atoms. The van der Waals surface area contributed by atoms with E-state index in [4.69, 9.17) is 4.74 Å². The number of hydrogen-bond acceptors (Lipinski definition) is 4. The third-order valence-electron chi connectivity index (χ3n) is 2.38. The van der Waals surface area contributed by atoms with Gasteiger partial charge in [-0.15, -0.1) is 0 Å². The zero-order chi connectivity index (χ0) is 16.4. The molecule has 0 aliphatic carbocycles. The molecule has 0 saturated carbocycles. The fourth-order valence-electron chi connectivity index (χ4n) is 1.46. The number of rotatable bonds is 3. The number of ether oxygens (including phenoxy) is 1. The van der Waals surface area contributed by atoms with Crippen LogP contribution in [-0.4, -0.2) is 28.6 Å². The second-order valence-corrected chi connectivity index (χ2v) is 7.92. The zero-order valence-corrected chi connectivity index (χ0v) is 16.5. The first-order valence-electron chi connectivity index (χ1n) is 6.23. The quantitative estimate of drug-likeness (QED) is 0.478. The van der Waals surface area contributed by atoms with E-state index in [0.717, 1.165) is 3.57 Å². The van der Waals surface area contributed by atoms with Gasteiger partial charge in [-0.25, -0.2) is 4.79 Å². The van der Waals surface area contributed by atoms with Gasteiger partial charge >= 0.3 is 5.97 Å². The predicted octanol–water partition coefficient (Wildman–Crippen LogP) is 3.06. The summed E-state index contributed by atoms with van der Waals surface area (Å²) in [7, 11) is 0. The molecule has 0 radical (unpaired) electrons. The molecule has 0 saturated heterocycles. The van der Waals surface area contributed by atoms with E-state index in [-0.39, 0.29) is 11.3 Å². The molecule has 0 aliphatic rings. The van der Waals surface area contributed by atoms with E-state index in [1.165, 1.54) is 0 Å². The molecular weight excluding hydrogens is 500 g/mol. The van der Waals surface area contributed by atoms with Crippen molar-refractivity contribution in [1.82, 2.24) is 5.32 Å². The Labute approximate surface area is 151 Å². The fraction of sp³-hybridized carbons (Fsp3) is 0.429. The number of amides is 1. The summed E-state index contributed by atoms with van der Waals surface area (Å²) >= 11 is 4.01. The summed E-state index contributed by atoms with van der Waals surface area (Å²) in [4.78, 5) is 24.0. The Morgan fingerprint density at radius 3 is 2.38 bits per heavy atom. The van der Waals surface area contributed by atoms with E-state index >= 15 is 0 Å². The zero-order valence-electron chi connectivity index (χ0n) is 12.2. The van der Waals surface area contributed by atoms with Crippen molar-refractivity contribution in [2.24, 2.45) is 0 Å². The van der Waals surface area contributed by atoms with Crippen LogP contribution in [0, 0.1) is 7.14 Å². The fourth-order valence-corrected chi connectivity index (χ4v) is 3.31. The molecule has 0 aliphatic heterocycles. The maximum Gasteiger partial charge on any atom is 0.328 e. The van der Waals surface area contributed by atoms with E-state index in [9.17, 15) is 14.7 Å². The van der Waals surface area contributed by atoms with Crippen molar-refractivity contribution in [2.45, 2.75) is 39.3 Å². The molecule has 21 heavy (non-hydrogen) atoms. The van der Waals surface area contributed by atoms with Gasteiger partial charge in [0.15, 0.2) is 0 Å². The van der Waals surface area contributed by atoms with Gasteiger partial charge in [0.2, 0.25) is 0 Å². The lowest BCUT2D eigenvalue weighted by atomic mass is 10.1. The standard InChI is InChI=1S/C14H17I2NO4/c1-7(13(20)21-14(2,3)4)17-12(19)9-5-8(15)6-10(16)11(9)18/h5-7,18H,1-4H3,(H,17,19)/t7-/m1/s1. The molecule has 1 rings (SSSR count). The molecule has 0 fully saturated rings. The Morgan fingerprint density at radius 2 is 1.86 bits per heavy atom. The Bertz CT molecular complexity index is 567. The number of carbonyl (C=O) groups excluding carboxylic acids is 2. The first-order valence-corrected chi connectivity index (χ1v) is 8.38. The van der Waals surface area contributed by atoms with Crippen LogP contribution >= 0.6 is 45.2 Å². The van der Waals surface area contributed by atoms with Crippen LogP contribution in [0.1, 0.15) is 38.1 Å². The molecule has 0 heterocycles. The van der Waals surface area contributed by atoms with Crippen LogP contribution in [0.5, 0.6) is 5.75 Å². The summed E-state index contributed by atoms with van der Waals surface area (Å²) in [5.74, 6) is -1.12. The number of aromatic hydroxyl groups is 1. The van der Waals surface area contributed by atoms with E-state index in [1.54, 1.807) is 39.8 Å². The summed E-state index contributed by atoms with van der Waals surface area (Å²) in [6, 6.07) is 2.52. The lowest BCUT2D eigenvalue weighted by Gasteiger charge is -2.22. The molecule has 1 atom stereocenters. The first kappa shape index (κ1) is 18.5. The smallest absolute Gasteiger partial charge is 0.328 e. The Balaban J connectivity index is 2.85. The van der Waals surface area contributed by atoms with Crippen molar-refractivity contribution in [2.75, 3.05) is 0 Å². The summed E-state index contributed by atoms with van der Waals surface area (Å²) in [5.41, 5.74) is -0.475. The molecule has 0 bridgehead atoms. The number of benzene rings is 1. The normalized spacial score (nSPS) is 12.7. The molecule has 5 nitrogen and oxygen atoms in total. The lowest BCUT2D eigenvalue weighted by Crippen LogP contribution is -2.42. The number of phenols is 1. The Kier molecular flexibility index (Phi) is 6.26. The van der Waals surface area contributed by atoms with E-state index < -0.39 is 23.5 Å². The van der Waals surface area contributed by atoms with Gasteiger partial charge in [-0.3, -0.25) is 4.79 Å². The van der Waals surface area contributed by atoms with Crippen molar-refractivity contribution < 1.29 is 19.4 Å². The molecule has 0 unspecified atom stereocenters. The molecule has 2 N–H and O–H groups in total.